The molecule has 0 aliphatic carbocycles. The first kappa shape index (κ1) is 14.2. The van der Waals surface area contributed by atoms with E-state index >= 15 is 0 Å². The maximum atomic E-state index is 11.6. The standard InChI is InChI=1S/C16H14N2O4S/c19-14-8-11-4-2-1-3-10(11)7-13(14)16-17-15(18-22-16)12-5-6-23(20,21)9-12/h1-4,7-8,12,19H,5-6,9H2. The highest BCUT2D eigenvalue weighted by Crippen LogP contribution is 2.34. The average Bonchev–Trinajstić information content (AvgIpc) is 3.13. The van der Waals surface area contributed by atoms with Gasteiger partial charge in [-0.15, -0.1) is 0 Å². The van der Waals surface area contributed by atoms with E-state index in [4.69, 9.17) is 4.52 Å². The molecule has 1 aliphatic heterocycles. The highest BCUT2D eigenvalue weighted by molar-refractivity contribution is 7.91. The number of fused-ring (bicyclic) bond motifs is 1. The third-order valence-electron chi connectivity index (χ3n) is 4.13. The van der Waals surface area contributed by atoms with Crippen molar-refractivity contribution in [1.82, 2.24) is 10.1 Å². The number of aromatic hydroxyl groups is 1. The Hall–Kier alpha value is -2.41. The summed E-state index contributed by atoms with van der Waals surface area (Å²) >= 11 is 0. The first-order valence-corrected chi connectivity index (χ1v) is 9.10. The lowest BCUT2D eigenvalue weighted by Gasteiger charge is -2.03. The molecule has 0 saturated carbocycles. The number of phenolic OH excluding ortho intramolecular Hbond substituents is 1. The summed E-state index contributed by atoms with van der Waals surface area (Å²) in [7, 11) is -3.01. The number of aromatic nitrogens is 2. The Balaban J connectivity index is 1.73. The van der Waals surface area contributed by atoms with Gasteiger partial charge in [-0.1, -0.05) is 29.4 Å². The molecule has 1 saturated heterocycles. The zero-order valence-electron chi connectivity index (χ0n) is 12.1. The zero-order chi connectivity index (χ0) is 16.0. The number of hydrogen-bond donors (Lipinski definition) is 1. The van der Waals surface area contributed by atoms with E-state index in [1.54, 1.807) is 12.1 Å². The average molecular weight is 330 g/mol. The van der Waals surface area contributed by atoms with Crippen molar-refractivity contribution in [1.29, 1.82) is 0 Å². The molecule has 3 aromatic rings. The first-order chi connectivity index (χ1) is 11.0. The lowest BCUT2D eigenvalue weighted by atomic mass is 10.1. The van der Waals surface area contributed by atoms with Crippen LogP contribution in [-0.4, -0.2) is 35.2 Å². The van der Waals surface area contributed by atoms with Crippen LogP contribution in [0.3, 0.4) is 0 Å². The van der Waals surface area contributed by atoms with Gasteiger partial charge in [0.15, 0.2) is 15.7 Å². The van der Waals surface area contributed by atoms with Crippen LogP contribution in [0.25, 0.3) is 22.2 Å². The third kappa shape index (κ3) is 2.57. The molecule has 0 spiro atoms. The Morgan fingerprint density at radius 2 is 1.91 bits per heavy atom. The lowest BCUT2D eigenvalue weighted by Crippen LogP contribution is -2.05. The summed E-state index contributed by atoms with van der Waals surface area (Å²) in [5.41, 5.74) is 0.448. The summed E-state index contributed by atoms with van der Waals surface area (Å²) in [6.45, 7) is 0. The molecular formula is C16H14N2O4S. The summed E-state index contributed by atoms with van der Waals surface area (Å²) in [4.78, 5) is 4.29. The van der Waals surface area contributed by atoms with Crippen LogP contribution in [0.2, 0.25) is 0 Å². The molecule has 2 heterocycles. The summed E-state index contributed by atoms with van der Waals surface area (Å²) in [6.07, 6.45) is 0.505. The largest absolute Gasteiger partial charge is 0.507 e. The van der Waals surface area contributed by atoms with E-state index in [2.05, 4.69) is 10.1 Å². The molecule has 1 aliphatic rings. The smallest absolute Gasteiger partial charge is 0.261 e. The van der Waals surface area contributed by atoms with Crippen molar-refractivity contribution < 1.29 is 18.0 Å². The van der Waals surface area contributed by atoms with Gasteiger partial charge in [-0.3, -0.25) is 0 Å². The van der Waals surface area contributed by atoms with E-state index in [1.165, 1.54) is 0 Å². The number of sulfone groups is 1. The summed E-state index contributed by atoms with van der Waals surface area (Å²) in [5.74, 6) is 0.609. The van der Waals surface area contributed by atoms with Crippen LogP contribution in [0.1, 0.15) is 18.2 Å². The molecule has 2 aromatic carbocycles. The van der Waals surface area contributed by atoms with Crippen molar-refractivity contribution in [2.24, 2.45) is 0 Å². The van der Waals surface area contributed by atoms with Gasteiger partial charge in [-0.25, -0.2) is 8.42 Å². The quantitative estimate of drug-likeness (QED) is 0.776. The third-order valence-corrected chi connectivity index (χ3v) is 5.90. The van der Waals surface area contributed by atoms with Crippen molar-refractivity contribution in [3.8, 4) is 17.2 Å². The molecule has 7 heteroatoms. The van der Waals surface area contributed by atoms with Crippen molar-refractivity contribution in [2.75, 3.05) is 11.5 Å². The van der Waals surface area contributed by atoms with Crippen LogP contribution in [0, 0.1) is 0 Å². The molecule has 1 aromatic heterocycles. The maximum Gasteiger partial charge on any atom is 0.261 e. The second-order valence-corrected chi connectivity index (χ2v) is 8.00. The molecule has 1 N–H and O–H groups in total. The Kier molecular flexibility index (Phi) is 3.12. The minimum absolute atomic E-state index is 0.0513. The van der Waals surface area contributed by atoms with Gasteiger partial charge < -0.3 is 9.63 Å². The molecule has 23 heavy (non-hydrogen) atoms. The predicted molar refractivity (Wildman–Crippen MR) is 84.9 cm³/mol. The number of nitrogens with zero attached hydrogens (tertiary/aromatic N) is 2. The van der Waals surface area contributed by atoms with Crippen LogP contribution < -0.4 is 0 Å². The minimum Gasteiger partial charge on any atom is -0.507 e. The predicted octanol–water partition coefficient (Wildman–Crippen LogP) is 2.50. The van der Waals surface area contributed by atoms with Gasteiger partial charge >= 0.3 is 0 Å². The minimum atomic E-state index is -3.01. The highest BCUT2D eigenvalue weighted by atomic mass is 32.2. The van der Waals surface area contributed by atoms with E-state index in [1.807, 2.05) is 24.3 Å². The Labute approximate surface area is 132 Å². The van der Waals surface area contributed by atoms with Gasteiger partial charge in [0.25, 0.3) is 5.89 Å². The van der Waals surface area contributed by atoms with Crippen LogP contribution in [0.4, 0.5) is 0 Å². The van der Waals surface area contributed by atoms with Gasteiger partial charge in [0, 0.05) is 5.92 Å². The fraction of sp³-hybridized carbons (Fsp3) is 0.250. The maximum absolute atomic E-state index is 11.6. The molecule has 0 bridgehead atoms. The lowest BCUT2D eigenvalue weighted by molar-refractivity contribution is 0.413. The summed E-state index contributed by atoms with van der Waals surface area (Å²) < 4.78 is 28.4. The number of benzene rings is 2. The number of phenols is 1. The Morgan fingerprint density at radius 3 is 2.61 bits per heavy atom. The molecule has 4 rings (SSSR count). The van der Waals surface area contributed by atoms with Crippen molar-refractivity contribution in [3.63, 3.8) is 0 Å². The molecule has 118 valence electrons. The van der Waals surface area contributed by atoms with Gasteiger partial charge in [-0.2, -0.15) is 4.98 Å². The van der Waals surface area contributed by atoms with E-state index in [9.17, 15) is 13.5 Å². The monoisotopic (exact) mass is 330 g/mol. The molecule has 1 atom stereocenters. The van der Waals surface area contributed by atoms with E-state index in [0.29, 0.717) is 17.8 Å². The Morgan fingerprint density at radius 1 is 1.17 bits per heavy atom. The normalized spacial score (nSPS) is 20.1. The number of rotatable bonds is 2. The zero-order valence-corrected chi connectivity index (χ0v) is 13.0. The van der Waals surface area contributed by atoms with Crippen LogP contribution >= 0.6 is 0 Å². The van der Waals surface area contributed by atoms with Gasteiger partial charge in [0.05, 0.1) is 17.1 Å². The van der Waals surface area contributed by atoms with Crippen LogP contribution in [0.5, 0.6) is 5.75 Å². The Bertz CT molecular complexity index is 994. The SMILES string of the molecule is O=S1(=O)CCC(c2noc(-c3cc4ccccc4cc3O)n2)C1. The van der Waals surface area contributed by atoms with Crippen LogP contribution in [0.15, 0.2) is 40.9 Å². The molecule has 6 nitrogen and oxygen atoms in total. The van der Waals surface area contributed by atoms with Gasteiger partial charge in [0.2, 0.25) is 0 Å². The summed E-state index contributed by atoms with van der Waals surface area (Å²) in [6, 6.07) is 11.1. The molecule has 0 amide bonds. The highest BCUT2D eigenvalue weighted by Gasteiger charge is 2.32. The molecular weight excluding hydrogens is 316 g/mol. The van der Waals surface area contributed by atoms with Crippen molar-refractivity contribution in [3.05, 3.63) is 42.2 Å². The van der Waals surface area contributed by atoms with Crippen LogP contribution in [-0.2, 0) is 9.84 Å². The molecule has 1 unspecified atom stereocenters. The second kappa shape index (κ2) is 5.06. The van der Waals surface area contributed by atoms with Gasteiger partial charge in [-0.05, 0) is 29.3 Å². The van der Waals surface area contributed by atoms with E-state index in [0.717, 1.165) is 10.8 Å². The van der Waals surface area contributed by atoms with Crippen molar-refractivity contribution >= 4 is 20.6 Å². The number of hydrogen-bond acceptors (Lipinski definition) is 6. The summed E-state index contributed by atoms with van der Waals surface area (Å²) in [5, 5.41) is 16.0. The van der Waals surface area contributed by atoms with Gasteiger partial charge in [0.1, 0.15) is 5.75 Å². The molecule has 0 radical (unpaired) electrons. The van der Waals surface area contributed by atoms with E-state index in [-0.39, 0.29) is 29.1 Å². The second-order valence-electron chi connectivity index (χ2n) is 5.77. The molecule has 1 fully saturated rings. The van der Waals surface area contributed by atoms with Crippen molar-refractivity contribution in [2.45, 2.75) is 12.3 Å². The van der Waals surface area contributed by atoms with E-state index < -0.39 is 9.84 Å². The fourth-order valence-electron chi connectivity index (χ4n) is 2.91. The fourth-order valence-corrected chi connectivity index (χ4v) is 4.65. The first-order valence-electron chi connectivity index (χ1n) is 7.28. The topological polar surface area (TPSA) is 93.3 Å².